The number of unbranched alkanes of at least 4 members (excludes halogenated alkanes) is 44. The van der Waals surface area contributed by atoms with Gasteiger partial charge in [0, 0.05) is 0 Å². The molecule has 1 aliphatic heterocycles. The van der Waals surface area contributed by atoms with Crippen LogP contribution in [-0.4, -0.2) is 110 Å². The Labute approximate surface area is 468 Å². The van der Waals surface area contributed by atoms with Gasteiger partial charge in [-0.1, -0.05) is 302 Å². The van der Waals surface area contributed by atoms with E-state index in [1.54, 1.807) is 0 Å². The first kappa shape index (κ1) is 72.9. The number of nitrogens with one attached hydrogen (secondary N) is 1. The van der Waals surface area contributed by atoms with Gasteiger partial charge in [-0.3, -0.25) is 4.79 Å². The largest absolute Gasteiger partial charge is 0.394 e. The molecule has 0 bridgehead atoms. The first-order valence-corrected chi connectivity index (χ1v) is 33.1. The predicted molar refractivity (Wildman–Crippen MR) is 316 cm³/mol. The molecule has 76 heavy (non-hydrogen) atoms. The van der Waals surface area contributed by atoms with Crippen LogP contribution in [-0.2, 0) is 14.3 Å². The second-order valence-electron chi connectivity index (χ2n) is 23.5. The number of hydrogen-bond donors (Lipinski definition) is 8. The number of ether oxygens (including phenoxy) is 2. The molecule has 0 aromatic carbocycles. The smallest absolute Gasteiger partial charge is 0.249 e. The minimum absolute atomic E-state index is 0.260. The average molecular weight is 1080 g/mol. The first-order valence-electron chi connectivity index (χ1n) is 33.1. The van der Waals surface area contributed by atoms with Crippen LogP contribution in [0.5, 0.6) is 0 Å². The van der Waals surface area contributed by atoms with Gasteiger partial charge in [0.15, 0.2) is 6.29 Å². The van der Waals surface area contributed by atoms with Gasteiger partial charge in [-0.15, -0.1) is 0 Å². The second kappa shape index (κ2) is 54.4. The molecule has 1 rings (SSSR count). The maximum absolute atomic E-state index is 13.2. The van der Waals surface area contributed by atoms with E-state index in [4.69, 9.17) is 9.47 Å². The van der Waals surface area contributed by atoms with Gasteiger partial charge >= 0.3 is 0 Å². The van der Waals surface area contributed by atoms with Crippen molar-refractivity contribution in [2.75, 3.05) is 13.2 Å². The maximum Gasteiger partial charge on any atom is 0.249 e. The topological polar surface area (TPSA) is 189 Å². The summed E-state index contributed by atoms with van der Waals surface area (Å²) in [6.45, 7) is 3.50. The van der Waals surface area contributed by atoms with Gasteiger partial charge in [-0.25, -0.2) is 0 Å². The van der Waals surface area contributed by atoms with E-state index in [2.05, 4.69) is 31.3 Å². The van der Waals surface area contributed by atoms with Gasteiger partial charge in [0.2, 0.25) is 5.91 Å². The Morgan fingerprint density at radius 1 is 0.447 bits per heavy atom. The monoisotopic (exact) mass is 1080 g/mol. The molecule has 0 aliphatic carbocycles. The normalized spacial score (nSPS) is 19.6. The molecule has 8 N–H and O–H groups in total. The van der Waals surface area contributed by atoms with Crippen molar-refractivity contribution in [3.05, 3.63) is 12.2 Å². The summed E-state index contributed by atoms with van der Waals surface area (Å²) < 4.78 is 11.2. The molecule has 1 amide bonds. The summed E-state index contributed by atoms with van der Waals surface area (Å²) in [5, 5.41) is 76.4. The lowest BCUT2D eigenvalue weighted by atomic mass is 9.98. The van der Waals surface area contributed by atoms with Crippen LogP contribution in [0.3, 0.4) is 0 Å². The summed E-state index contributed by atoms with van der Waals surface area (Å²) >= 11 is 0. The van der Waals surface area contributed by atoms with Gasteiger partial charge in [0.05, 0.1) is 25.4 Å². The first-order chi connectivity index (χ1) is 37.2. The number of hydrogen-bond acceptors (Lipinski definition) is 10. The molecule has 0 spiro atoms. The molecule has 1 heterocycles. The molecular weight excluding hydrogens is 955 g/mol. The lowest BCUT2D eigenvalue weighted by molar-refractivity contribution is -0.303. The van der Waals surface area contributed by atoms with Crippen LogP contribution in [0.1, 0.15) is 328 Å². The predicted octanol–water partition coefficient (Wildman–Crippen LogP) is 15.1. The molecule has 9 atom stereocenters. The van der Waals surface area contributed by atoms with Crippen LogP contribution in [0.2, 0.25) is 0 Å². The molecule has 11 heteroatoms. The van der Waals surface area contributed by atoms with Gasteiger partial charge in [0.1, 0.15) is 36.6 Å². The molecule has 0 saturated carbocycles. The van der Waals surface area contributed by atoms with Crippen LogP contribution in [0.4, 0.5) is 0 Å². The molecule has 1 saturated heterocycles. The highest BCUT2D eigenvalue weighted by atomic mass is 16.7. The standard InChI is InChI=1S/C65H127NO10/c1-3-5-7-9-11-13-15-17-19-21-23-25-27-29-31-33-35-37-39-41-43-45-47-49-51-53-58(69)64(74)66-56(55-75-65-63(73)62(72)61(71)59(54-67)76-65)60(70)57(68)52-50-48-46-44-42-40-38-36-34-32-30-28-26-24-22-20-18-16-14-12-10-8-6-4-2/h44,46,56-63,65,67-73H,3-43,45,47-55H2,1-2H3,(H,66,74)/b46-44+. The molecular formula is C65H127NO10. The lowest BCUT2D eigenvalue weighted by Crippen LogP contribution is -2.60. The fourth-order valence-corrected chi connectivity index (χ4v) is 11.0. The Morgan fingerprint density at radius 3 is 1.13 bits per heavy atom. The fraction of sp³-hybridized carbons (Fsp3) is 0.954. The molecule has 0 aromatic heterocycles. The Morgan fingerprint density at radius 2 is 0.776 bits per heavy atom. The Hall–Kier alpha value is -1.15. The van der Waals surface area contributed by atoms with E-state index in [1.807, 2.05) is 0 Å². The second-order valence-corrected chi connectivity index (χ2v) is 23.5. The molecule has 9 unspecified atom stereocenters. The van der Waals surface area contributed by atoms with Crippen molar-refractivity contribution < 1.29 is 50.0 Å². The molecule has 11 nitrogen and oxygen atoms in total. The number of carbonyl (C=O) groups excluding carboxylic acids is 1. The van der Waals surface area contributed by atoms with E-state index in [1.165, 1.54) is 250 Å². The van der Waals surface area contributed by atoms with Crippen LogP contribution in [0.25, 0.3) is 0 Å². The molecule has 452 valence electrons. The Bertz CT molecular complexity index is 1240. The quantitative estimate of drug-likeness (QED) is 0.0215. The summed E-state index contributed by atoms with van der Waals surface area (Å²) in [6.07, 6.45) is 54.3. The van der Waals surface area contributed by atoms with E-state index in [9.17, 15) is 40.5 Å². The van der Waals surface area contributed by atoms with Crippen molar-refractivity contribution in [2.45, 2.75) is 384 Å². The van der Waals surface area contributed by atoms with Crippen LogP contribution < -0.4 is 5.32 Å². The highest BCUT2D eigenvalue weighted by Gasteiger charge is 2.44. The van der Waals surface area contributed by atoms with Gasteiger partial charge in [-0.2, -0.15) is 0 Å². The summed E-state index contributed by atoms with van der Waals surface area (Å²) in [4.78, 5) is 13.2. The molecule has 1 fully saturated rings. The lowest BCUT2D eigenvalue weighted by Gasteiger charge is -2.40. The van der Waals surface area contributed by atoms with E-state index in [-0.39, 0.29) is 12.8 Å². The summed E-state index contributed by atoms with van der Waals surface area (Å²) in [5.41, 5.74) is 0. The van der Waals surface area contributed by atoms with Crippen molar-refractivity contribution in [3.63, 3.8) is 0 Å². The Kier molecular flexibility index (Phi) is 52.2. The van der Waals surface area contributed by atoms with Crippen LogP contribution in [0, 0.1) is 0 Å². The van der Waals surface area contributed by atoms with Crippen molar-refractivity contribution in [3.8, 4) is 0 Å². The highest BCUT2D eigenvalue weighted by molar-refractivity contribution is 5.80. The molecule has 1 aliphatic rings. The van der Waals surface area contributed by atoms with E-state index < -0.39 is 74.2 Å². The number of aliphatic hydroxyl groups is 7. The minimum Gasteiger partial charge on any atom is -0.394 e. The summed E-state index contributed by atoms with van der Waals surface area (Å²) in [6, 6.07) is -1.18. The van der Waals surface area contributed by atoms with Crippen LogP contribution >= 0.6 is 0 Å². The number of rotatable bonds is 58. The third-order valence-corrected chi connectivity index (χ3v) is 16.3. The Balaban J connectivity index is 2.25. The number of aliphatic hydroxyl groups excluding tert-OH is 7. The average Bonchev–Trinajstić information content (AvgIpc) is 3.42. The zero-order valence-corrected chi connectivity index (χ0v) is 49.8. The van der Waals surface area contributed by atoms with E-state index in [0.29, 0.717) is 12.8 Å². The van der Waals surface area contributed by atoms with E-state index >= 15 is 0 Å². The number of allylic oxidation sites excluding steroid dienone is 2. The van der Waals surface area contributed by atoms with Crippen molar-refractivity contribution in [1.82, 2.24) is 5.32 Å². The summed E-state index contributed by atoms with van der Waals surface area (Å²) in [7, 11) is 0. The maximum atomic E-state index is 13.2. The zero-order valence-electron chi connectivity index (χ0n) is 49.8. The van der Waals surface area contributed by atoms with Gasteiger partial charge in [0.25, 0.3) is 0 Å². The van der Waals surface area contributed by atoms with Crippen LogP contribution in [0.15, 0.2) is 12.2 Å². The van der Waals surface area contributed by atoms with Crippen molar-refractivity contribution in [1.29, 1.82) is 0 Å². The minimum atomic E-state index is -1.67. The molecule has 0 radical (unpaired) electrons. The number of carbonyl (C=O) groups is 1. The van der Waals surface area contributed by atoms with Gasteiger partial charge in [-0.05, 0) is 38.5 Å². The third-order valence-electron chi connectivity index (χ3n) is 16.3. The SMILES string of the molecule is CCCCCCCCCCCCCCCCCCCCC/C=C/CCCC(O)C(O)C(COC1OC(CO)C(O)C(O)C1O)NC(=O)C(O)CCCCCCCCCCCCCCCCCCCCCCCCCCC. The van der Waals surface area contributed by atoms with Crippen molar-refractivity contribution in [2.24, 2.45) is 0 Å². The number of amides is 1. The third kappa shape index (κ3) is 41.8. The highest BCUT2D eigenvalue weighted by Crippen LogP contribution is 2.24. The fourth-order valence-electron chi connectivity index (χ4n) is 11.0. The summed E-state index contributed by atoms with van der Waals surface area (Å²) in [5.74, 6) is -0.698. The zero-order chi connectivity index (χ0) is 55.4. The molecule has 0 aromatic rings. The van der Waals surface area contributed by atoms with Crippen molar-refractivity contribution >= 4 is 5.91 Å². The van der Waals surface area contributed by atoms with E-state index in [0.717, 1.165) is 38.5 Å². The van der Waals surface area contributed by atoms with Gasteiger partial charge < -0.3 is 50.5 Å².